The zero-order chi connectivity index (χ0) is 13.4. The molecule has 0 bridgehead atoms. The quantitative estimate of drug-likeness (QED) is 0.266. The molecule has 2 aliphatic heterocycles. The predicted octanol–water partition coefficient (Wildman–Crippen LogP) is -4.27. The Morgan fingerprint density at radius 2 is 1.67 bits per heavy atom. The van der Waals surface area contributed by atoms with Gasteiger partial charge in [0.15, 0.2) is 6.29 Å². The van der Waals surface area contributed by atoms with Gasteiger partial charge >= 0.3 is 0 Å². The second-order valence-electron chi connectivity index (χ2n) is 4.80. The first-order chi connectivity index (χ1) is 8.47. The molecule has 2 aliphatic rings. The van der Waals surface area contributed by atoms with E-state index >= 15 is 0 Å². The standard InChI is InChI=1S/C10H19NO7/c12-2-4-8(15)9(16)5(10(17)18-4)6-7(14)3(13)1-11-6/h3-17H,1-2H2/t3?,4?,5?,6?,7?,8-,9?,10-/m1/s1. The highest BCUT2D eigenvalue weighted by Crippen LogP contribution is 2.31. The first kappa shape index (κ1) is 14.1. The van der Waals surface area contributed by atoms with E-state index in [-0.39, 0.29) is 6.54 Å². The summed E-state index contributed by atoms with van der Waals surface area (Å²) in [4.78, 5) is 0. The maximum atomic E-state index is 9.94. The molecule has 6 unspecified atom stereocenters. The molecule has 2 saturated heterocycles. The van der Waals surface area contributed by atoms with E-state index in [9.17, 15) is 25.5 Å². The zero-order valence-corrected chi connectivity index (χ0v) is 9.62. The van der Waals surface area contributed by atoms with Gasteiger partial charge in [0.2, 0.25) is 0 Å². The van der Waals surface area contributed by atoms with Gasteiger partial charge in [-0.05, 0) is 0 Å². The third-order valence-corrected chi connectivity index (χ3v) is 3.69. The van der Waals surface area contributed by atoms with Crippen molar-refractivity contribution in [1.82, 2.24) is 5.32 Å². The molecule has 0 aromatic carbocycles. The van der Waals surface area contributed by atoms with Gasteiger partial charge in [-0.15, -0.1) is 0 Å². The SMILES string of the molecule is OCC1O[C@@H](O)C(C2NCC(O)C2O)C(O)[C@@H]1O. The second kappa shape index (κ2) is 5.35. The highest BCUT2D eigenvalue weighted by Gasteiger charge is 2.51. The smallest absolute Gasteiger partial charge is 0.162 e. The van der Waals surface area contributed by atoms with Crippen molar-refractivity contribution in [1.29, 1.82) is 0 Å². The van der Waals surface area contributed by atoms with Gasteiger partial charge < -0.3 is 40.7 Å². The minimum atomic E-state index is -1.45. The monoisotopic (exact) mass is 265 g/mol. The van der Waals surface area contributed by atoms with Crippen molar-refractivity contribution in [3.63, 3.8) is 0 Å². The molecule has 0 spiro atoms. The van der Waals surface area contributed by atoms with E-state index in [2.05, 4.69) is 5.32 Å². The molecule has 0 saturated carbocycles. The lowest BCUT2D eigenvalue weighted by Crippen LogP contribution is -2.62. The van der Waals surface area contributed by atoms with E-state index in [1.165, 1.54) is 0 Å². The van der Waals surface area contributed by atoms with Crippen molar-refractivity contribution in [2.45, 2.75) is 42.9 Å². The van der Waals surface area contributed by atoms with Crippen LogP contribution in [-0.2, 0) is 4.74 Å². The number of β-amino-alcohol motifs (C(OH)–C–C–N with tert-alkyl or cyclic N) is 1. The Kier molecular flexibility index (Phi) is 4.19. The Balaban J connectivity index is 2.13. The van der Waals surface area contributed by atoms with Crippen LogP contribution in [0.3, 0.4) is 0 Å². The number of hydrogen-bond donors (Lipinski definition) is 7. The van der Waals surface area contributed by atoms with Gasteiger partial charge in [0.05, 0.1) is 30.8 Å². The van der Waals surface area contributed by atoms with Crippen LogP contribution in [0.1, 0.15) is 0 Å². The molecule has 8 atom stereocenters. The first-order valence-electron chi connectivity index (χ1n) is 5.87. The van der Waals surface area contributed by atoms with E-state index in [0.717, 1.165) is 0 Å². The summed E-state index contributed by atoms with van der Waals surface area (Å²) < 4.78 is 4.99. The van der Waals surface area contributed by atoms with Crippen LogP contribution in [0.15, 0.2) is 0 Å². The summed E-state index contributed by atoms with van der Waals surface area (Å²) in [5.74, 6) is -0.991. The average molecular weight is 265 g/mol. The number of aliphatic hydroxyl groups is 6. The van der Waals surface area contributed by atoms with Crippen LogP contribution in [-0.4, -0.2) is 86.6 Å². The van der Waals surface area contributed by atoms with Crippen LogP contribution in [0, 0.1) is 5.92 Å². The van der Waals surface area contributed by atoms with E-state index in [1.807, 2.05) is 0 Å². The van der Waals surface area contributed by atoms with Crippen LogP contribution >= 0.6 is 0 Å². The van der Waals surface area contributed by atoms with Crippen molar-refractivity contribution in [3.8, 4) is 0 Å². The lowest BCUT2D eigenvalue weighted by atomic mass is 9.83. The Morgan fingerprint density at radius 3 is 2.17 bits per heavy atom. The third kappa shape index (κ3) is 2.26. The number of nitrogens with one attached hydrogen (secondary N) is 1. The summed E-state index contributed by atoms with van der Waals surface area (Å²) in [7, 11) is 0. The first-order valence-corrected chi connectivity index (χ1v) is 5.87. The minimum absolute atomic E-state index is 0.126. The Bertz CT molecular complexity index is 291. The molecule has 0 aliphatic carbocycles. The Hall–Kier alpha value is -0.320. The Labute approximate surface area is 103 Å². The van der Waals surface area contributed by atoms with Crippen molar-refractivity contribution < 1.29 is 35.4 Å². The number of rotatable bonds is 2. The lowest BCUT2D eigenvalue weighted by molar-refractivity contribution is -0.277. The van der Waals surface area contributed by atoms with Gasteiger partial charge in [0.25, 0.3) is 0 Å². The summed E-state index contributed by atoms with van der Waals surface area (Å²) in [5.41, 5.74) is 0. The van der Waals surface area contributed by atoms with Gasteiger partial charge in [0, 0.05) is 12.6 Å². The second-order valence-corrected chi connectivity index (χ2v) is 4.80. The highest BCUT2D eigenvalue weighted by molar-refractivity contribution is 5.01. The summed E-state index contributed by atoms with van der Waals surface area (Å²) in [5, 5.41) is 60.3. The van der Waals surface area contributed by atoms with E-state index in [4.69, 9.17) is 9.84 Å². The van der Waals surface area contributed by atoms with Gasteiger partial charge in [-0.1, -0.05) is 0 Å². The fraction of sp³-hybridized carbons (Fsp3) is 1.00. The van der Waals surface area contributed by atoms with Gasteiger partial charge in [-0.25, -0.2) is 0 Å². The maximum Gasteiger partial charge on any atom is 0.162 e. The fourth-order valence-electron chi connectivity index (χ4n) is 2.61. The molecule has 0 aromatic rings. The molecular formula is C10H19NO7. The molecular weight excluding hydrogens is 246 g/mol. The summed E-state index contributed by atoms with van der Waals surface area (Å²) in [6.07, 6.45) is -7.42. The van der Waals surface area contributed by atoms with E-state index in [0.29, 0.717) is 0 Å². The maximum absolute atomic E-state index is 9.94. The highest BCUT2D eigenvalue weighted by atomic mass is 16.6. The topological polar surface area (TPSA) is 143 Å². The van der Waals surface area contributed by atoms with Gasteiger partial charge in [-0.3, -0.25) is 0 Å². The normalized spacial score (nSPS) is 53.7. The molecule has 18 heavy (non-hydrogen) atoms. The third-order valence-electron chi connectivity index (χ3n) is 3.69. The molecule has 2 rings (SSSR count). The van der Waals surface area contributed by atoms with Gasteiger partial charge in [-0.2, -0.15) is 0 Å². The van der Waals surface area contributed by atoms with E-state index in [1.54, 1.807) is 0 Å². The molecule has 8 heteroatoms. The van der Waals surface area contributed by atoms with Crippen LogP contribution in [0.4, 0.5) is 0 Å². The number of ether oxygens (including phenoxy) is 1. The molecule has 8 nitrogen and oxygen atoms in total. The van der Waals surface area contributed by atoms with Crippen molar-refractivity contribution in [2.24, 2.45) is 5.92 Å². The Morgan fingerprint density at radius 1 is 1.00 bits per heavy atom. The fourth-order valence-corrected chi connectivity index (χ4v) is 2.61. The van der Waals surface area contributed by atoms with Crippen molar-refractivity contribution >= 4 is 0 Å². The van der Waals surface area contributed by atoms with Crippen molar-refractivity contribution in [2.75, 3.05) is 13.2 Å². The van der Waals surface area contributed by atoms with E-state index < -0.39 is 55.4 Å². The van der Waals surface area contributed by atoms with Crippen LogP contribution in [0.25, 0.3) is 0 Å². The molecule has 0 amide bonds. The summed E-state index contributed by atoms with van der Waals surface area (Å²) in [6, 6.07) is -0.792. The lowest BCUT2D eigenvalue weighted by Gasteiger charge is -2.43. The average Bonchev–Trinajstić information content (AvgIpc) is 2.66. The molecule has 0 aromatic heterocycles. The van der Waals surface area contributed by atoms with Crippen LogP contribution in [0.5, 0.6) is 0 Å². The number of hydrogen-bond acceptors (Lipinski definition) is 8. The van der Waals surface area contributed by atoms with Crippen LogP contribution < -0.4 is 5.32 Å². The summed E-state index contributed by atoms with van der Waals surface area (Å²) >= 11 is 0. The van der Waals surface area contributed by atoms with Crippen molar-refractivity contribution in [3.05, 3.63) is 0 Å². The number of aliphatic hydroxyl groups excluding tert-OH is 6. The zero-order valence-electron chi connectivity index (χ0n) is 9.62. The minimum Gasteiger partial charge on any atom is -0.394 e. The predicted molar refractivity (Wildman–Crippen MR) is 57.3 cm³/mol. The molecule has 106 valence electrons. The van der Waals surface area contributed by atoms with Gasteiger partial charge in [0.1, 0.15) is 12.2 Å². The largest absolute Gasteiger partial charge is 0.394 e. The molecule has 7 N–H and O–H groups in total. The van der Waals surface area contributed by atoms with Crippen LogP contribution in [0.2, 0.25) is 0 Å². The summed E-state index contributed by atoms with van der Waals surface area (Å²) in [6.45, 7) is -0.410. The molecule has 2 fully saturated rings. The molecule has 0 radical (unpaired) electrons. The molecule has 2 heterocycles.